The van der Waals surface area contributed by atoms with Gasteiger partial charge in [0.05, 0.1) is 31.5 Å². The predicted octanol–water partition coefficient (Wildman–Crippen LogP) is 2.96. The highest BCUT2D eigenvalue weighted by molar-refractivity contribution is 6.69. The summed E-state index contributed by atoms with van der Waals surface area (Å²) in [7, 11) is -3.27. The molecule has 2 aromatic rings. The topological polar surface area (TPSA) is 124 Å². The largest absolute Gasteiger partial charge is 0.492 e. The van der Waals surface area contributed by atoms with Crippen molar-refractivity contribution in [1.29, 1.82) is 0 Å². The van der Waals surface area contributed by atoms with Crippen molar-refractivity contribution in [2.45, 2.75) is 46.3 Å². The van der Waals surface area contributed by atoms with Gasteiger partial charge in [-0.25, -0.2) is 8.78 Å². The molecule has 0 bridgehead atoms. The van der Waals surface area contributed by atoms with E-state index in [1.807, 2.05) is 0 Å². The summed E-state index contributed by atoms with van der Waals surface area (Å²) in [6.07, 6.45) is 1.01. The summed E-state index contributed by atoms with van der Waals surface area (Å²) in [5.41, 5.74) is -0.414. The van der Waals surface area contributed by atoms with Gasteiger partial charge >= 0.3 is 14.2 Å². The van der Waals surface area contributed by atoms with Gasteiger partial charge in [0, 0.05) is 16.7 Å². The molecule has 2 aromatic carbocycles. The summed E-state index contributed by atoms with van der Waals surface area (Å²) in [6.45, 7) is 6.62. The molecule has 0 aliphatic carbocycles. The van der Waals surface area contributed by atoms with Gasteiger partial charge in [0.25, 0.3) is 0 Å². The van der Waals surface area contributed by atoms with E-state index in [1.165, 1.54) is 18.2 Å². The van der Waals surface area contributed by atoms with E-state index in [2.05, 4.69) is 10.3 Å². The molecule has 2 aliphatic rings. The fourth-order valence-electron chi connectivity index (χ4n) is 4.01. The number of hydrogen-bond donors (Lipinski definition) is 4. The molecule has 0 spiro atoms. The molecular weight excluding hydrogens is 502 g/mol. The molecule has 0 unspecified atom stereocenters. The molecule has 14 heteroatoms. The third-order valence-electron chi connectivity index (χ3n) is 5.43. The molecule has 2 heterocycles. The highest BCUT2D eigenvalue weighted by Gasteiger charge is 2.44. The molecule has 4 N–H and O–H groups in total. The Morgan fingerprint density at radius 3 is 1.86 bits per heavy atom. The Morgan fingerprint density at radius 2 is 1.42 bits per heavy atom. The predicted molar refractivity (Wildman–Crippen MR) is 134 cm³/mol. The summed E-state index contributed by atoms with van der Waals surface area (Å²) in [4.78, 5) is 0. The Morgan fingerprint density at radius 1 is 0.972 bits per heavy atom. The van der Waals surface area contributed by atoms with Gasteiger partial charge < -0.3 is 29.8 Å². The third-order valence-corrected chi connectivity index (χ3v) is 5.71. The number of oxime groups is 2. The Balaban J connectivity index is 0.000000327. The minimum atomic E-state index is -1.16. The first-order valence-corrected chi connectivity index (χ1v) is 10.4. The number of halogens is 4. The molecular formula is C22H28B2ClF3N2O6. The fraction of sp³-hybridized carbons (Fsp3) is 0.364. The van der Waals surface area contributed by atoms with E-state index in [4.69, 9.17) is 32.7 Å². The van der Waals surface area contributed by atoms with E-state index in [0.717, 1.165) is 6.21 Å². The van der Waals surface area contributed by atoms with Gasteiger partial charge in [0.2, 0.25) is 0 Å². The maximum Gasteiger partial charge on any atom is 0.492 e. The zero-order chi connectivity index (χ0) is 27.4. The molecule has 0 fully saturated rings. The van der Waals surface area contributed by atoms with Gasteiger partial charge in [-0.2, -0.15) is 0 Å². The van der Waals surface area contributed by atoms with Gasteiger partial charge in [0.1, 0.15) is 11.6 Å². The van der Waals surface area contributed by atoms with E-state index in [9.17, 15) is 23.2 Å². The van der Waals surface area contributed by atoms with Crippen molar-refractivity contribution >= 4 is 48.1 Å². The number of fused-ring (bicyclic) bond motifs is 2. The number of nitrogens with zero attached hydrogens (tertiary/aromatic N) is 2. The second-order valence-corrected chi connectivity index (χ2v) is 8.78. The first-order chi connectivity index (χ1) is 16.8. The van der Waals surface area contributed by atoms with Crippen LogP contribution in [0.1, 0.15) is 58.7 Å². The molecule has 8 nitrogen and oxygen atoms in total. The lowest BCUT2D eigenvalue weighted by molar-refractivity contribution is 0.0966. The van der Waals surface area contributed by atoms with Crippen molar-refractivity contribution in [3.63, 3.8) is 0 Å². The standard InChI is InChI=1S/C10H10BClFNO3.C10H11BFNO3.CH3F.CH4/c1-10(2)7-6(11(15)17-10)4-3-5(8(7)13)9(12)14-16;1-10(2)8-7(11(14)16-10)4-3-6(5-13-15)9(8)12;1-2;/h3-4,15-16H,1-2H3;3-5,14-15H,1-2H3;1H3;1H4/i;;1D;. The summed E-state index contributed by atoms with van der Waals surface area (Å²) >= 11 is 5.58. The van der Waals surface area contributed by atoms with Crippen molar-refractivity contribution in [1.82, 2.24) is 0 Å². The fourth-order valence-corrected chi connectivity index (χ4v) is 4.16. The number of rotatable bonds is 2. The Bertz CT molecular complexity index is 1170. The molecule has 0 atom stereocenters. The molecule has 4 rings (SSSR count). The molecule has 0 aromatic heterocycles. The first kappa shape index (κ1) is 29.7. The van der Waals surface area contributed by atoms with E-state index >= 15 is 0 Å². The molecule has 0 saturated carbocycles. The monoisotopic (exact) mass is 531 g/mol. The van der Waals surface area contributed by atoms with Gasteiger partial charge in [0.15, 0.2) is 5.17 Å². The van der Waals surface area contributed by atoms with Crippen molar-refractivity contribution < 1.29 is 44.3 Å². The Kier molecular flexibility index (Phi) is 9.98. The minimum absolute atomic E-state index is 0. The van der Waals surface area contributed by atoms with Crippen LogP contribution < -0.4 is 10.9 Å². The average molecular weight is 532 g/mol. The van der Waals surface area contributed by atoms with E-state index < -0.39 is 44.2 Å². The van der Waals surface area contributed by atoms with Crippen LogP contribution in [0.25, 0.3) is 0 Å². The molecule has 36 heavy (non-hydrogen) atoms. The first-order valence-electron chi connectivity index (χ1n) is 10.8. The van der Waals surface area contributed by atoms with Crippen LogP contribution >= 0.6 is 11.6 Å². The maximum atomic E-state index is 14.2. The number of alkyl halides is 1. The second-order valence-electron chi connectivity index (χ2n) is 8.42. The normalized spacial score (nSPS) is 17.3. The van der Waals surface area contributed by atoms with Crippen molar-refractivity contribution in [3.8, 4) is 0 Å². The van der Waals surface area contributed by atoms with Gasteiger partial charge in [-0.05, 0) is 44.7 Å². The van der Waals surface area contributed by atoms with Crippen LogP contribution in [0.2, 0.25) is 0 Å². The zero-order valence-electron chi connectivity index (χ0n) is 20.3. The number of hydrogen-bond acceptors (Lipinski definition) is 8. The lowest BCUT2D eigenvalue weighted by Gasteiger charge is -2.20. The van der Waals surface area contributed by atoms with Crippen LogP contribution in [0.5, 0.6) is 0 Å². The molecule has 2 aliphatic heterocycles. The van der Waals surface area contributed by atoms with Crippen molar-refractivity contribution in [2.75, 3.05) is 7.15 Å². The molecule has 0 amide bonds. The lowest BCUT2D eigenvalue weighted by atomic mass is 9.77. The van der Waals surface area contributed by atoms with E-state index in [1.54, 1.807) is 33.8 Å². The van der Waals surface area contributed by atoms with E-state index in [0.29, 0.717) is 16.5 Å². The Hall–Kier alpha value is -2.57. The highest BCUT2D eigenvalue weighted by Crippen LogP contribution is 2.34. The lowest BCUT2D eigenvalue weighted by Crippen LogP contribution is -2.29. The third kappa shape index (κ3) is 5.87. The second kappa shape index (κ2) is 12.1. The van der Waals surface area contributed by atoms with Gasteiger partial charge in [-0.1, -0.05) is 47.5 Å². The highest BCUT2D eigenvalue weighted by atomic mass is 35.5. The van der Waals surface area contributed by atoms with Crippen LogP contribution in [0.4, 0.5) is 13.2 Å². The summed E-state index contributed by atoms with van der Waals surface area (Å²) in [6, 6.07) is 5.83. The molecule has 196 valence electrons. The quantitative estimate of drug-likeness (QED) is 0.205. The Labute approximate surface area is 214 Å². The van der Waals surface area contributed by atoms with Crippen LogP contribution in [0.15, 0.2) is 34.6 Å². The summed E-state index contributed by atoms with van der Waals surface area (Å²) in [5, 5.41) is 41.4. The van der Waals surface area contributed by atoms with Gasteiger partial charge in [-0.15, -0.1) is 0 Å². The zero-order valence-corrected chi connectivity index (χ0v) is 20.0. The summed E-state index contributed by atoms with van der Waals surface area (Å²) < 4.78 is 54.2. The number of benzene rings is 2. The average Bonchev–Trinajstić information content (AvgIpc) is 3.18. The SMILES string of the molecule is C.CC1(C)OB(O)c2ccc(C(Cl)=NO)c(F)c21.CC1(C)OB(O)c2ccc(C=NO)c(F)c21.[2H]CF. The molecule has 0 radical (unpaired) electrons. The smallest absolute Gasteiger partial charge is 0.423 e. The van der Waals surface area contributed by atoms with Crippen LogP contribution in [-0.4, -0.2) is 53.2 Å². The van der Waals surface area contributed by atoms with Crippen molar-refractivity contribution in [3.05, 3.63) is 58.2 Å². The summed E-state index contributed by atoms with van der Waals surface area (Å²) in [5.74, 6) is -1.18. The van der Waals surface area contributed by atoms with Gasteiger partial charge in [-0.3, -0.25) is 4.39 Å². The van der Waals surface area contributed by atoms with E-state index in [-0.39, 0.29) is 29.3 Å². The molecule has 0 saturated heterocycles. The maximum absolute atomic E-state index is 14.2. The van der Waals surface area contributed by atoms with Crippen molar-refractivity contribution in [2.24, 2.45) is 10.3 Å². The minimum Gasteiger partial charge on any atom is -0.423 e. The van der Waals surface area contributed by atoms with Crippen LogP contribution in [0, 0.1) is 11.6 Å². The van der Waals surface area contributed by atoms with Crippen LogP contribution in [-0.2, 0) is 20.5 Å². The van der Waals surface area contributed by atoms with Crippen LogP contribution in [0.3, 0.4) is 0 Å².